The van der Waals surface area contributed by atoms with Gasteiger partial charge >= 0.3 is 0 Å². The third-order valence-corrected chi connectivity index (χ3v) is 6.01. The van der Waals surface area contributed by atoms with Gasteiger partial charge in [0, 0.05) is 12.8 Å². The monoisotopic (exact) mass is 407 g/mol. The maximum absolute atomic E-state index is 13.2. The first-order valence-corrected chi connectivity index (χ1v) is 10.3. The fourth-order valence-corrected chi connectivity index (χ4v) is 4.68. The smallest absolute Gasteiger partial charge is 0.249 e. The number of carbonyl (C=O) groups excluding carboxylic acids is 3. The summed E-state index contributed by atoms with van der Waals surface area (Å²) >= 11 is 1.45. The van der Waals surface area contributed by atoms with Gasteiger partial charge in [0.1, 0.15) is 6.54 Å². The topological polar surface area (TPSA) is 70.6 Å². The van der Waals surface area contributed by atoms with E-state index >= 15 is 0 Å². The third-order valence-electron chi connectivity index (χ3n) is 4.98. The van der Waals surface area contributed by atoms with E-state index in [-0.39, 0.29) is 37.1 Å². The summed E-state index contributed by atoms with van der Waals surface area (Å²) in [7, 11) is 0. The van der Waals surface area contributed by atoms with E-state index in [0.717, 1.165) is 31.8 Å². The summed E-state index contributed by atoms with van der Waals surface area (Å²) in [6.07, 6.45) is 0.342. The molecule has 148 valence electrons. The molecule has 0 aliphatic carbocycles. The number of imide groups is 1. The van der Waals surface area contributed by atoms with E-state index < -0.39 is 0 Å². The summed E-state index contributed by atoms with van der Waals surface area (Å²) in [6.45, 7) is 4.11. The average molecular weight is 407 g/mol. The van der Waals surface area contributed by atoms with Gasteiger partial charge in [-0.25, -0.2) is 4.98 Å². The van der Waals surface area contributed by atoms with E-state index in [1.165, 1.54) is 11.3 Å². The molecule has 0 spiro atoms. The van der Waals surface area contributed by atoms with Crippen molar-refractivity contribution in [2.45, 2.75) is 33.2 Å². The number of hydrogen-bond donors (Lipinski definition) is 0. The number of aromatic nitrogens is 1. The zero-order chi connectivity index (χ0) is 20.5. The van der Waals surface area contributed by atoms with Crippen molar-refractivity contribution in [3.8, 4) is 0 Å². The lowest BCUT2D eigenvalue weighted by Gasteiger charge is -2.22. The number of nitrogens with zero attached hydrogens (tertiary/aromatic N) is 3. The normalized spacial score (nSPS) is 14.1. The molecule has 0 unspecified atom stereocenters. The van der Waals surface area contributed by atoms with Crippen LogP contribution in [0.2, 0.25) is 0 Å². The Kier molecular flexibility index (Phi) is 5.15. The number of likely N-dealkylation sites (tertiary alicyclic amines) is 1. The van der Waals surface area contributed by atoms with Crippen LogP contribution >= 0.6 is 11.3 Å². The van der Waals surface area contributed by atoms with Gasteiger partial charge in [0.05, 0.1) is 16.8 Å². The Morgan fingerprint density at radius 2 is 1.79 bits per heavy atom. The molecule has 0 atom stereocenters. The van der Waals surface area contributed by atoms with Crippen molar-refractivity contribution in [1.29, 1.82) is 0 Å². The van der Waals surface area contributed by atoms with Crippen LogP contribution in [0.5, 0.6) is 0 Å². The zero-order valence-corrected chi connectivity index (χ0v) is 17.2. The minimum absolute atomic E-state index is 0.171. The number of fused-ring (bicyclic) bond motifs is 1. The molecule has 2 heterocycles. The summed E-state index contributed by atoms with van der Waals surface area (Å²) in [6, 6.07) is 13.7. The predicted molar refractivity (Wildman–Crippen MR) is 113 cm³/mol. The molecular formula is C22H21N3O3S. The van der Waals surface area contributed by atoms with Crippen LogP contribution < -0.4 is 4.90 Å². The zero-order valence-electron chi connectivity index (χ0n) is 16.3. The lowest BCUT2D eigenvalue weighted by molar-refractivity contribution is -0.141. The van der Waals surface area contributed by atoms with Crippen molar-refractivity contribution < 1.29 is 14.4 Å². The van der Waals surface area contributed by atoms with E-state index in [2.05, 4.69) is 12.1 Å². The van der Waals surface area contributed by atoms with Gasteiger partial charge < -0.3 is 0 Å². The predicted octanol–water partition coefficient (Wildman–Crippen LogP) is 3.60. The van der Waals surface area contributed by atoms with Crippen LogP contribution in [0.1, 0.15) is 29.5 Å². The molecule has 1 aromatic heterocycles. The fourth-order valence-electron chi connectivity index (χ4n) is 3.52. The average Bonchev–Trinajstić information content (AvgIpc) is 3.25. The first-order valence-electron chi connectivity index (χ1n) is 9.47. The number of carbonyl (C=O) groups is 3. The minimum atomic E-state index is -0.314. The van der Waals surface area contributed by atoms with Gasteiger partial charge in [-0.2, -0.15) is 0 Å². The molecule has 6 nitrogen and oxygen atoms in total. The minimum Gasteiger partial charge on any atom is -0.282 e. The SMILES string of the molecule is Cc1cc(C)c2nc(N(Cc3ccccc3)C(=O)CN3C(=O)CCC3=O)sc2c1. The van der Waals surface area contributed by atoms with E-state index in [1.54, 1.807) is 4.90 Å². The molecule has 2 aromatic carbocycles. The fraction of sp³-hybridized carbons (Fsp3) is 0.273. The molecule has 0 N–H and O–H groups in total. The Morgan fingerprint density at radius 3 is 2.48 bits per heavy atom. The van der Waals surface area contributed by atoms with Gasteiger partial charge in [-0.3, -0.25) is 24.2 Å². The maximum Gasteiger partial charge on any atom is 0.249 e. The second kappa shape index (κ2) is 7.75. The second-order valence-corrected chi connectivity index (χ2v) is 8.27. The molecule has 29 heavy (non-hydrogen) atoms. The van der Waals surface area contributed by atoms with Crippen LogP contribution in [0.25, 0.3) is 10.2 Å². The highest BCUT2D eigenvalue weighted by atomic mass is 32.1. The summed E-state index contributed by atoms with van der Waals surface area (Å²) in [5.41, 5.74) is 4.01. The first-order chi connectivity index (χ1) is 13.9. The molecule has 1 fully saturated rings. The molecule has 1 aliphatic rings. The molecule has 3 aromatic rings. The Labute approximate surface area is 172 Å². The molecule has 0 radical (unpaired) electrons. The number of hydrogen-bond acceptors (Lipinski definition) is 5. The van der Waals surface area contributed by atoms with Crippen LogP contribution in [-0.2, 0) is 20.9 Å². The third kappa shape index (κ3) is 3.91. The number of anilines is 1. The second-order valence-electron chi connectivity index (χ2n) is 7.26. The highest BCUT2D eigenvalue weighted by Gasteiger charge is 2.33. The highest BCUT2D eigenvalue weighted by molar-refractivity contribution is 7.22. The van der Waals surface area contributed by atoms with Gasteiger partial charge in [0.15, 0.2) is 5.13 Å². The number of rotatable bonds is 5. The van der Waals surface area contributed by atoms with E-state index in [0.29, 0.717) is 11.7 Å². The molecule has 1 aliphatic heterocycles. The van der Waals surface area contributed by atoms with Gasteiger partial charge in [0.2, 0.25) is 17.7 Å². The van der Waals surface area contributed by atoms with Gasteiger partial charge in [-0.15, -0.1) is 0 Å². The van der Waals surface area contributed by atoms with Crippen LogP contribution in [0.4, 0.5) is 5.13 Å². The molecule has 1 saturated heterocycles. The molecule has 0 bridgehead atoms. The summed E-state index contributed by atoms with van der Waals surface area (Å²) < 4.78 is 1.01. The van der Waals surface area contributed by atoms with Gasteiger partial charge in [-0.1, -0.05) is 47.7 Å². The largest absolute Gasteiger partial charge is 0.282 e. The lowest BCUT2D eigenvalue weighted by atomic mass is 10.1. The standard InChI is InChI=1S/C22H21N3O3S/c1-14-10-15(2)21-17(11-14)29-22(23-21)25(12-16-6-4-3-5-7-16)20(28)13-24-18(26)8-9-19(24)27/h3-7,10-11H,8-9,12-13H2,1-2H3. The van der Waals surface area contributed by atoms with Crippen LogP contribution in [0.15, 0.2) is 42.5 Å². The van der Waals surface area contributed by atoms with Gasteiger partial charge in [-0.05, 0) is 36.6 Å². The summed E-state index contributed by atoms with van der Waals surface area (Å²) in [5.74, 6) is -0.900. The van der Waals surface area contributed by atoms with Crippen molar-refractivity contribution in [2.24, 2.45) is 0 Å². The number of aryl methyl sites for hydroxylation is 2. The number of benzene rings is 2. The first kappa shape index (κ1) is 19.3. The van der Waals surface area contributed by atoms with Crippen LogP contribution in [0, 0.1) is 13.8 Å². The summed E-state index contributed by atoms with van der Waals surface area (Å²) in [4.78, 5) is 44.5. The number of amides is 3. The van der Waals surface area contributed by atoms with E-state index in [4.69, 9.17) is 4.98 Å². The molecule has 7 heteroatoms. The summed E-state index contributed by atoms with van der Waals surface area (Å²) in [5, 5.41) is 0.571. The molecular weight excluding hydrogens is 386 g/mol. The van der Waals surface area contributed by atoms with Crippen molar-refractivity contribution in [1.82, 2.24) is 9.88 Å². The quantitative estimate of drug-likeness (QED) is 0.606. The number of thiazole rings is 1. The Hall–Kier alpha value is -3.06. The maximum atomic E-state index is 13.2. The molecule has 0 saturated carbocycles. The Morgan fingerprint density at radius 1 is 1.10 bits per heavy atom. The highest BCUT2D eigenvalue weighted by Crippen LogP contribution is 2.32. The van der Waals surface area contributed by atoms with Gasteiger partial charge in [0.25, 0.3) is 0 Å². The lowest BCUT2D eigenvalue weighted by Crippen LogP contribution is -2.42. The van der Waals surface area contributed by atoms with Crippen molar-refractivity contribution >= 4 is 44.4 Å². The Bertz CT molecular complexity index is 1090. The van der Waals surface area contributed by atoms with E-state index in [9.17, 15) is 14.4 Å². The van der Waals surface area contributed by atoms with Crippen molar-refractivity contribution in [3.63, 3.8) is 0 Å². The van der Waals surface area contributed by atoms with Crippen molar-refractivity contribution in [2.75, 3.05) is 11.4 Å². The van der Waals surface area contributed by atoms with Crippen molar-refractivity contribution in [3.05, 3.63) is 59.2 Å². The molecule has 4 rings (SSSR count). The molecule has 3 amide bonds. The van der Waals surface area contributed by atoms with Crippen LogP contribution in [0.3, 0.4) is 0 Å². The van der Waals surface area contributed by atoms with E-state index in [1.807, 2.05) is 44.2 Å². The van der Waals surface area contributed by atoms with Crippen LogP contribution in [-0.4, -0.2) is 34.2 Å². The Balaban J connectivity index is 1.70.